The van der Waals surface area contributed by atoms with E-state index in [-0.39, 0.29) is 8.69 Å². The highest BCUT2D eigenvalue weighted by molar-refractivity contribution is 7.80. The Kier molecular flexibility index (Phi) is 8.91. The number of unbranched alkanes of at least 4 members (excludes halogenated alkanes) is 3. The second-order valence-corrected chi connectivity index (χ2v) is 6.17. The number of rotatable bonds is 11. The summed E-state index contributed by atoms with van der Waals surface area (Å²) in [5.41, 5.74) is 0.329. The molecule has 0 aliphatic carbocycles. The molecule has 0 saturated heterocycles. The highest BCUT2D eigenvalue weighted by Crippen LogP contribution is 2.38. The zero-order chi connectivity index (χ0) is 15.6. The van der Waals surface area contributed by atoms with Crippen LogP contribution < -0.4 is 0 Å². The molecule has 0 heterocycles. The Bertz CT molecular complexity index is 436. The number of hydrogen-bond donors (Lipinski definition) is 0. The molecule has 4 heteroatoms. The van der Waals surface area contributed by atoms with Gasteiger partial charge >= 0.3 is 8.69 Å². The summed E-state index contributed by atoms with van der Waals surface area (Å²) in [6, 6.07) is 9.99. The lowest BCUT2D eigenvalue weighted by atomic mass is 9.83. The van der Waals surface area contributed by atoms with E-state index in [0.29, 0.717) is 0 Å². The van der Waals surface area contributed by atoms with Gasteiger partial charge in [-0.3, -0.25) is 4.52 Å². The third-order valence-corrected chi connectivity index (χ3v) is 4.69. The molecule has 0 aliphatic heterocycles. The van der Waals surface area contributed by atoms with Crippen molar-refractivity contribution in [3.05, 3.63) is 35.9 Å². The average Bonchev–Trinajstić information content (AvgIpc) is 2.52. The highest BCUT2D eigenvalue weighted by Gasteiger charge is 2.37. The van der Waals surface area contributed by atoms with Crippen molar-refractivity contribution in [1.82, 2.24) is 0 Å². The molecule has 1 unspecified atom stereocenters. The topological polar surface area (TPSA) is 26.3 Å². The van der Waals surface area contributed by atoms with Crippen LogP contribution in [0.15, 0.2) is 30.3 Å². The van der Waals surface area contributed by atoms with Crippen LogP contribution >= 0.6 is 20.9 Å². The van der Waals surface area contributed by atoms with Crippen LogP contribution in [0, 0.1) is 0 Å². The molecule has 0 aliphatic rings. The lowest BCUT2D eigenvalue weighted by Crippen LogP contribution is -2.35. The Balaban J connectivity index is 3.08. The molecule has 21 heavy (non-hydrogen) atoms. The van der Waals surface area contributed by atoms with Crippen molar-refractivity contribution in [3.63, 3.8) is 0 Å². The molecule has 1 atom stereocenters. The van der Waals surface area contributed by atoms with Gasteiger partial charge in [0, 0.05) is 4.86 Å². The molecule has 0 bridgehead atoms. The van der Waals surface area contributed by atoms with Gasteiger partial charge in [0.1, 0.15) is 5.60 Å². The number of hydrogen-bond acceptors (Lipinski definition) is 3. The predicted octanol–water partition coefficient (Wildman–Crippen LogP) is 6.25. The number of benzene rings is 1. The van der Waals surface area contributed by atoms with Gasteiger partial charge in [0.25, 0.3) is 0 Å². The largest absolute Gasteiger partial charge is 0.328 e. The first-order valence-electron chi connectivity index (χ1n) is 7.81. The minimum absolute atomic E-state index is 0.304. The quantitative estimate of drug-likeness (QED) is 0.273. The summed E-state index contributed by atoms with van der Waals surface area (Å²) in [6.45, 7) is 4.32. The van der Waals surface area contributed by atoms with E-state index in [1.54, 1.807) is 0 Å². The van der Waals surface area contributed by atoms with E-state index in [1.807, 2.05) is 30.3 Å². The van der Waals surface area contributed by atoms with Crippen LogP contribution in [0.4, 0.5) is 0 Å². The zero-order valence-corrected chi connectivity index (χ0v) is 14.7. The SMILES string of the molecule is CCCCCC(OP=O)(C(=S)CCCC)c1ccccc1. The third kappa shape index (κ3) is 5.25. The van der Waals surface area contributed by atoms with Gasteiger partial charge in [0.15, 0.2) is 0 Å². The maximum absolute atomic E-state index is 11.2. The van der Waals surface area contributed by atoms with Gasteiger partial charge in [-0.2, -0.15) is 0 Å². The maximum atomic E-state index is 11.2. The Morgan fingerprint density at radius 2 is 1.81 bits per heavy atom. The van der Waals surface area contributed by atoms with Gasteiger partial charge in [-0.1, -0.05) is 75.7 Å². The van der Waals surface area contributed by atoms with Crippen LogP contribution in [0.5, 0.6) is 0 Å². The van der Waals surface area contributed by atoms with Crippen LogP contribution in [-0.4, -0.2) is 4.86 Å². The summed E-state index contributed by atoms with van der Waals surface area (Å²) in [5.74, 6) is 0. The van der Waals surface area contributed by atoms with E-state index < -0.39 is 5.60 Å². The van der Waals surface area contributed by atoms with E-state index in [2.05, 4.69) is 13.8 Å². The first-order chi connectivity index (χ1) is 10.2. The molecule has 0 saturated carbocycles. The summed E-state index contributed by atoms with van der Waals surface area (Å²) in [6.07, 6.45) is 7.05. The van der Waals surface area contributed by atoms with E-state index in [9.17, 15) is 4.57 Å². The van der Waals surface area contributed by atoms with Crippen LogP contribution in [0.3, 0.4) is 0 Å². The van der Waals surface area contributed by atoms with E-state index in [0.717, 1.165) is 55.4 Å². The van der Waals surface area contributed by atoms with Crippen molar-refractivity contribution in [2.45, 2.75) is 64.4 Å². The second kappa shape index (κ2) is 10.2. The molecule has 1 rings (SSSR count). The molecule has 0 N–H and O–H groups in total. The highest BCUT2D eigenvalue weighted by atomic mass is 32.1. The molecular weight excluding hydrogens is 299 g/mol. The maximum Gasteiger partial charge on any atom is 0.328 e. The summed E-state index contributed by atoms with van der Waals surface area (Å²) >= 11 is 5.68. The summed E-state index contributed by atoms with van der Waals surface area (Å²) in [7, 11) is -0.304. The molecular formula is C17H25O2PS. The molecule has 2 nitrogen and oxygen atoms in total. The van der Waals surface area contributed by atoms with Gasteiger partial charge in [0.2, 0.25) is 0 Å². The lowest BCUT2D eigenvalue weighted by molar-refractivity contribution is 0.146. The van der Waals surface area contributed by atoms with Crippen molar-refractivity contribution < 1.29 is 9.09 Å². The van der Waals surface area contributed by atoms with Crippen molar-refractivity contribution in [1.29, 1.82) is 0 Å². The Labute approximate surface area is 135 Å². The normalized spacial score (nSPS) is 14.0. The van der Waals surface area contributed by atoms with E-state index in [1.165, 1.54) is 0 Å². The fourth-order valence-corrected chi connectivity index (χ4v) is 3.43. The van der Waals surface area contributed by atoms with Gasteiger partial charge < -0.3 is 0 Å². The van der Waals surface area contributed by atoms with Gasteiger partial charge in [-0.15, -0.1) is 0 Å². The monoisotopic (exact) mass is 324 g/mol. The van der Waals surface area contributed by atoms with Crippen molar-refractivity contribution >= 4 is 25.8 Å². The number of thiocarbonyl (C=S) groups is 1. The van der Waals surface area contributed by atoms with Gasteiger partial charge in [-0.05, 0) is 31.2 Å². The molecule has 0 radical (unpaired) electrons. The molecule has 0 aromatic heterocycles. The molecule has 0 fully saturated rings. The molecule has 0 amide bonds. The van der Waals surface area contributed by atoms with Crippen molar-refractivity contribution in [3.8, 4) is 0 Å². The van der Waals surface area contributed by atoms with Crippen LogP contribution in [0.25, 0.3) is 0 Å². The Morgan fingerprint density at radius 1 is 1.14 bits per heavy atom. The average molecular weight is 324 g/mol. The Hall–Kier alpha value is -0.630. The standard InChI is InChI=1S/C17H25O2PS/c1-3-5-10-14-17(19-20-18,16(21)13-6-4-2)15-11-8-7-9-12-15/h7-9,11-12H,3-6,10,13-14H2,1-2H3. The van der Waals surface area contributed by atoms with Crippen LogP contribution in [-0.2, 0) is 14.7 Å². The summed E-state index contributed by atoms with van der Waals surface area (Å²) in [5, 5.41) is 0. The predicted molar refractivity (Wildman–Crippen MR) is 93.1 cm³/mol. The van der Waals surface area contributed by atoms with Crippen molar-refractivity contribution in [2.24, 2.45) is 0 Å². The zero-order valence-electron chi connectivity index (χ0n) is 13.0. The van der Waals surface area contributed by atoms with Crippen LogP contribution in [0.1, 0.15) is 64.4 Å². The first-order valence-corrected chi connectivity index (χ1v) is 8.94. The fourth-order valence-electron chi connectivity index (χ4n) is 2.53. The van der Waals surface area contributed by atoms with Gasteiger partial charge in [-0.25, -0.2) is 4.57 Å². The minimum Gasteiger partial charge on any atom is -0.277 e. The first kappa shape index (κ1) is 18.4. The summed E-state index contributed by atoms with van der Waals surface area (Å²) in [4.78, 5) is 0.870. The lowest BCUT2D eigenvalue weighted by Gasteiger charge is -2.32. The third-order valence-electron chi connectivity index (χ3n) is 3.77. The van der Waals surface area contributed by atoms with Gasteiger partial charge in [0.05, 0.1) is 0 Å². The second-order valence-electron chi connectivity index (χ2n) is 5.34. The fraction of sp³-hybridized carbons (Fsp3) is 0.588. The summed E-state index contributed by atoms with van der Waals surface area (Å²) < 4.78 is 16.9. The molecule has 1 aromatic rings. The smallest absolute Gasteiger partial charge is 0.277 e. The van der Waals surface area contributed by atoms with Crippen LogP contribution in [0.2, 0.25) is 0 Å². The van der Waals surface area contributed by atoms with E-state index >= 15 is 0 Å². The van der Waals surface area contributed by atoms with Crippen molar-refractivity contribution in [2.75, 3.05) is 0 Å². The minimum atomic E-state index is -0.690. The Morgan fingerprint density at radius 3 is 2.38 bits per heavy atom. The molecule has 0 spiro atoms. The molecule has 116 valence electrons. The molecule has 1 aromatic carbocycles. The van der Waals surface area contributed by atoms with E-state index in [4.69, 9.17) is 16.7 Å².